The van der Waals surface area contributed by atoms with E-state index in [0.29, 0.717) is 18.0 Å². The zero-order valence-corrected chi connectivity index (χ0v) is 10.2. The molecular formula is C12H13ClN2O2. The molecule has 1 aromatic rings. The van der Waals surface area contributed by atoms with Gasteiger partial charge in [0.05, 0.1) is 6.04 Å². The lowest BCUT2D eigenvalue weighted by atomic mass is 10.1. The molecule has 1 saturated heterocycles. The average Bonchev–Trinajstić information content (AvgIpc) is 2.29. The number of urea groups is 1. The number of carbonyl (C=O) groups excluding carboxylic acids is 2. The van der Waals surface area contributed by atoms with Gasteiger partial charge in [-0.15, -0.1) is 0 Å². The molecule has 5 heteroatoms. The molecule has 1 heterocycles. The molecule has 1 aliphatic rings. The third-order valence-electron chi connectivity index (χ3n) is 2.91. The number of rotatable bonds is 2. The summed E-state index contributed by atoms with van der Waals surface area (Å²) >= 11 is 5.81. The molecule has 0 bridgehead atoms. The number of amides is 3. The van der Waals surface area contributed by atoms with E-state index >= 15 is 0 Å². The molecule has 90 valence electrons. The van der Waals surface area contributed by atoms with Crippen LogP contribution in [0.25, 0.3) is 0 Å². The highest BCUT2D eigenvalue weighted by Crippen LogP contribution is 2.23. The molecule has 4 nitrogen and oxygen atoms in total. The second-order valence-electron chi connectivity index (χ2n) is 4.02. The minimum atomic E-state index is -0.330. The van der Waals surface area contributed by atoms with Crippen LogP contribution >= 0.6 is 11.6 Å². The van der Waals surface area contributed by atoms with Crippen LogP contribution in [0.4, 0.5) is 4.79 Å². The lowest BCUT2D eigenvalue weighted by Crippen LogP contribution is -2.50. The molecule has 1 atom stereocenters. The minimum absolute atomic E-state index is 0.0691. The van der Waals surface area contributed by atoms with E-state index in [1.165, 1.54) is 0 Å². The molecule has 3 amide bonds. The molecule has 1 unspecified atom stereocenters. The zero-order chi connectivity index (χ0) is 12.4. The predicted octanol–water partition coefficient (Wildman–Crippen LogP) is 2.34. The fourth-order valence-corrected chi connectivity index (χ4v) is 1.99. The van der Waals surface area contributed by atoms with Gasteiger partial charge in [-0.3, -0.25) is 10.1 Å². The van der Waals surface area contributed by atoms with Crippen LogP contribution in [0, 0.1) is 0 Å². The lowest BCUT2D eigenvalue weighted by molar-refractivity contribution is -0.121. The normalized spacial score (nSPS) is 17.9. The third kappa shape index (κ3) is 2.58. The summed E-state index contributed by atoms with van der Waals surface area (Å²) in [5, 5.41) is 2.98. The SMILES string of the molecule is CC(c1ccc(Cl)cc1)N1CCC(=O)NC1=O. The highest BCUT2D eigenvalue weighted by molar-refractivity contribution is 6.30. The van der Waals surface area contributed by atoms with Gasteiger partial charge in [0.15, 0.2) is 0 Å². The van der Waals surface area contributed by atoms with Crippen LogP contribution in [-0.4, -0.2) is 23.4 Å². The van der Waals surface area contributed by atoms with Gasteiger partial charge in [0, 0.05) is 18.0 Å². The van der Waals surface area contributed by atoms with Crippen molar-refractivity contribution in [3.63, 3.8) is 0 Å². The number of carbonyl (C=O) groups is 2. The Balaban J connectivity index is 2.14. The van der Waals surface area contributed by atoms with E-state index in [0.717, 1.165) is 5.56 Å². The molecule has 0 aromatic heterocycles. The van der Waals surface area contributed by atoms with E-state index in [-0.39, 0.29) is 18.0 Å². The Hall–Kier alpha value is -1.55. The van der Waals surface area contributed by atoms with Crippen LogP contribution < -0.4 is 5.32 Å². The van der Waals surface area contributed by atoms with Crippen molar-refractivity contribution < 1.29 is 9.59 Å². The molecule has 17 heavy (non-hydrogen) atoms. The van der Waals surface area contributed by atoms with Gasteiger partial charge in [-0.05, 0) is 24.6 Å². The molecule has 1 N–H and O–H groups in total. The van der Waals surface area contributed by atoms with Crippen LogP contribution in [0.2, 0.25) is 5.02 Å². The maximum atomic E-state index is 11.7. The van der Waals surface area contributed by atoms with Gasteiger partial charge in [0.2, 0.25) is 5.91 Å². The summed E-state index contributed by atoms with van der Waals surface area (Å²) in [6.07, 6.45) is 0.351. The van der Waals surface area contributed by atoms with E-state index in [1.807, 2.05) is 19.1 Å². The van der Waals surface area contributed by atoms with Gasteiger partial charge >= 0.3 is 6.03 Å². The van der Waals surface area contributed by atoms with Gasteiger partial charge < -0.3 is 4.90 Å². The van der Waals surface area contributed by atoms with E-state index in [9.17, 15) is 9.59 Å². The predicted molar refractivity (Wildman–Crippen MR) is 64.7 cm³/mol. The first-order chi connectivity index (χ1) is 8.08. The fraction of sp³-hybridized carbons (Fsp3) is 0.333. The molecule has 1 fully saturated rings. The van der Waals surface area contributed by atoms with Gasteiger partial charge in [0.1, 0.15) is 0 Å². The molecule has 2 rings (SSSR count). The molecule has 0 radical (unpaired) electrons. The van der Waals surface area contributed by atoms with Crippen LogP contribution in [-0.2, 0) is 4.79 Å². The smallest absolute Gasteiger partial charge is 0.317 e. The number of benzene rings is 1. The van der Waals surface area contributed by atoms with Crippen molar-refractivity contribution in [2.45, 2.75) is 19.4 Å². The van der Waals surface area contributed by atoms with Crippen molar-refractivity contribution in [1.29, 1.82) is 0 Å². The Kier molecular flexibility index (Phi) is 3.33. The van der Waals surface area contributed by atoms with Crippen molar-refractivity contribution in [2.24, 2.45) is 0 Å². The van der Waals surface area contributed by atoms with Crippen molar-refractivity contribution in [2.75, 3.05) is 6.54 Å². The van der Waals surface area contributed by atoms with Crippen molar-refractivity contribution in [3.8, 4) is 0 Å². The largest absolute Gasteiger partial charge is 0.324 e. The summed E-state index contributed by atoms with van der Waals surface area (Å²) < 4.78 is 0. The average molecular weight is 253 g/mol. The van der Waals surface area contributed by atoms with Crippen LogP contribution in [0.15, 0.2) is 24.3 Å². The minimum Gasteiger partial charge on any atom is -0.317 e. The summed E-state index contributed by atoms with van der Waals surface area (Å²) in [6.45, 7) is 2.38. The standard InChI is InChI=1S/C12H13ClN2O2/c1-8(9-2-4-10(13)5-3-9)15-7-6-11(16)14-12(15)17/h2-5,8H,6-7H2,1H3,(H,14,16,17). The first-order valence-corrected chi connectivity index (χ1v) is 5.81. The maximum Gasteiger partial charge on any atom is 0.324 e. The zero-order valence-electron chi connectivity index (χ0n) is 9.44. The third-order valence-corrected chi connectivity index (χ3v) is 3.16. The first-order valence-electron chi connectivity index (χ1n) is 5.44. The quantitative estimate of drug-likeness (QED) is 0.878. The summed E-state index contributed by atoms with van der Waals surface area (Å²) in [7, 11) is 0. The first kappa shape index (κ1) is 11.9. The van der Waals surface area contributed by atoms with Crippen molar-refractivity contribution in [3.05, 3.63) is 34.9 Å². The lowest BCUT2D eigenvalue weighted by Gasteiger charge is -2.32. The number of hydrogen-bond acceptors (Lipinski definition) is 2. The number of nitrogens with one attached hydrogen (secondary N) is 1. The van der Waals surface area contributed by atoms with Gasteiger partial charge in [-0.2, -0.15) is 0 Å². The Morgan fingerprint density at radius 1 is 1.29 bits per heavy atom. The van der Waals surface area contributed by atoms with Crippen LogP contribution in [0.5, 0.6) is 0 Å². The Morgan fingerprint density at radius 2 is 1.94 bits per heavy atom. The van der Waals surface area contributed by atoms with E-state index in [2.05, 4.69) is 5.32 Å². The molecule has 0 spiro atoms. The highest BCUT2D eigenvalue weighted by atomic mass is 35.5. The molecule has 0 saturated carbocycles. The van der Waals surface area contributed by atoms with E-state index < -0.39 is 0 Å². The number of nitrogens with zero attached hydrogens (tertiary/aromatic N) is 1. The van der Waals surface area contributed by atoms with Crippen LogP contribution in [0.1, 0.15) is 24.9 Å². The molecular weight excluding hydrogens is 240 g/mol. The molecule has 1 aliphatic heterocycles. The van der Waals surface area contributed by atoms with Crippen LogP contribution in [0.3, 0.4) is 0 Å². The number of imide groups is 1. The Morgan fingerprint density at radius 3 is 2.53 bits per heavy atom. The van der Waals surface area contributed by atoms with Gasteiger partial charge in [-0.1, -0.05) is 23.7 Å². The van der Waals surface area contributed by atoms with Crippen molar-refractivity contribution in [1.82, 2.24) is 10.2 Å². The summed E-state index contributed by atoms with van der Waals surface area (Å²) in [5.74, 6) is -0.213. The second kappa shape index (κ2) is 4.75. The monoisotopic (exact) mass is 252 g/mol. The second-order valence-corrected chi connectivity index (χ2v) is 4.46. The topological polar surface area (TPSA) is 49.4 Å². The van der Waals surface area contributed by atoms with Crippen molar-refractivity contribution >= 4 is 23.5 Å². The Labute approximate surface area is 105 Å². The highest BCUT2D eigenvalue weighted by Gasteiger charge is 2.27. The summed E-state index contributed by atoms with van der Waals surface area (Å²) in [6, 6.07) is 6.96. The van der Waals surface area contributed by atoms with Gasteiger partial charge in [0.25, 0.3) is 0 Å². The summed E-state index contributed by atoms with van der Waals surface area (Å²) in [5.41, 5.74) is 0.999. The number of hydrogen-bond donors (Lipinski definition) is 1. The summed E-state index contributed by atoms with van der Waals surface area (Å²) in [4.78, 5) is 24.3. The van der Waals surface area contributed by atoms with Gasteiger partial charge in [-0.25, -0.2) is 4.79 Å². The number of halogens is 1. The molecule has 1 aromatic carbocycles. The Bertz CT molecular complexity index is 444. The van der Waals surface area contributed by atoms with E-state index in [1.54, 1.807) is 17.0 Å². The van der Waals surface area contributed by atoms with E-state index in [4.69, 9.17) is 11.6 Å². The fourth-order valence-electron chi connectivity index (χ4n) is 1.87. The maximum absolute atomic E-state index is 11.7. The molecule has 0 aliphatic carbocycles.